The Balaban J connectivity index is 2.41. The summed E-state index contributed by atoms with van der Waals surface area (Å²) in [6.45, 7) is -0.179. The minimum atomic E-state index is -0.406. The first-order valence-electron chi connectivity index (χ1n) is 5.88. The summed E-state index contributed by atoms with van der Waals surface area (Å²) in [6.07, 6.45) is 0. The Morgan fingerprint density at radius 2 is 1.85 bits per heavy atom. The Hall–Kier alpha value is -2.24. The molecule has 0 fully saturated rings. The number of ketones is 1. The number of nitrogens with two attached hydrogens (primary N) is 1. The zero-order valence-corrected chi connectivity index (χ0v) is 11.2. The van der Waals surface area contributed by atoms with Crippen molar-refractivity contribution in [2.45, 2.75) is 0 Å². The molecule has 5 nitrogen and oxygen atoms in total. The lowest BCUT2D eigenvalue weighted by Gasteiger charge is -2.09. The maximum absolute atomic E-state index is 12.4. The predicted molar refractivity (Wildman–Crippen MR) is 76.8 cm³/mol. The number of carbonyl (C=O) groups is 2. The average molecular weight is 290 g/mol. The van der Waals surface area contributed by atoms with Gasteiger partial charge in [0.05, 0.1) is 12.2 Å². The summed E-state index contributed by atoms with van der Waals surface area (Å²) in [4.78, 5) is 27.8. The van der Waals surface area contributed by atoms with Crippen LogP contribution in [-0.4, -0.2) is 23.2 Å². The van der Waals surface area contributed by atoms with Crippen molar-refractivity contribution in [1.82, 2.24) is 4.98 Å². The molecule has 1 amide bonds. The van der Waals surface area contributed by atoms with Crippen molar-refractivity contribution in [3.05, 3.63) is 58.9 Å². The lowest BCUT2D eigenvalue weighted by molar-refractivity contribution is -0.114. The Bertz CT molecular complexity index is 644. The molecule has 0 saturated carbocycles. The molecule has 2 aromatic rings. The number of nitrogens with zero attached hydrogens (tertiary/aromatic N) is 1. The van der Waals surface area contributed by atoms with E-state index in [0.29, 0.717) is 11.3 Å². The van der Waals surface area contributed by atoms with Gasteiger partial charge in [0.2, 0.25) is 11.7 Å². The predicted octanol–water partition coefficient (Wildman–Crippen LogP) is 1.86. The fraction of sp³-hybridized carbons (Fsp3) is 0.0714. The van der Waals surface area contributed by atoms with Crippen LogP contribution in [0.25, 0.3) is 0 Å². The van der Waals surface area contributed by atoms with Crippen molar-refractivity contribution >= 4 is 29.0 Å². The number of hydrogen-bond acceptors (Lipinski definition) is 4. The second kappa shape index (κ2) is 6.27. The highest BCUT2D eigenvalue weighted by Crippen LogP contribution is 2.20. The Morgan fingerprint density at radius 3 is 2.50 bits per heavy atom. The second-order valence-corrected chi connectivity index (χ2v) is 4.36. The summed E-state index contributed by atoms with van der Waals surface area (Å²) in [5.41, 5.74) is 6.09. The number of hydrogen-bond donors (Lipinski definition) is 2. The minimum absolute atomic E-state index is 0.0884. The van der Waals surface area contributed by atoms with Crippen LogP contribution in [0.2, 0.25) is 5.15 Å². The highest BCUT2D eigenvalue weighted by molar-refractivity contribution is 6.30. The molecule has 0 atom stereocenters. The summed E-state index contributed by atoms with van der Waals surface area (Å²) in [5, 5.41) is 2.71. The molecule has 20 heavy (non-hydrogen) atoms. The van der Waals surface area contributed by atoms with Gasteiger partial charge in [-0.05, 0) is 12.1 Å². The third-order valence-electron chi connectivity index (χ3n) is 2.57. The molecule has 2 rings (SSSR count). The van der Waals surface area contributed by atoms with Gasteiger partial charge in [-0.2, -0.15) is 0 Å². The molecule has 0 unspecified atom stereocenters. The molecule has 0 aliphatic rings. The van der Waals surface area contributed by atoms with Crippen LogP contribution in [0, 0.1) is 0 Å². The molecule has 102 valence electrons. The van der Waals surface area contributed by atoms with Gasteiger partial charge in [0, 0.05) is 5.56 Å². The molecular formula is C14H12ClN3O2. The van der Waals surface area contributed by atoms with Gasteiger partial charge in [-0.3, -0.25) is 9.59 Å². The molecule has 1 heterocycles. The van der Waals surface area contributed by atoms with E-state index in [1.54, 1.807) is 30.3 Å². The normalized spacial score (nSPS) is 10.1. The van der Waals surface area contributed by atoms with Gasteiger partial charge in [0.15, 0.2) is 0 Å². The molecule has 0 aliphatic heterocycles. The van der Waals surface area contributed by atoms with E-state index in [-0.39, 0.29) is 23.2 Å². The Kier molecular flexibility index (Phi) is 4.45. The zero-order valence-electron chi connectivity index (χ0n) is 10.5. The first-order valence-corrected chi connectivity index (χ1v) is 6.26. The van der Waals surface area contributed by atoms with Crippen LogP contribution in [0.15, 0.2) is 42.5 Å². The second-order valence-electron chi connectivity index (χ2n) is 3.98. The number of anilines is 1. The average Bonchev–Trinajstić information content (AvgIpc) is 2.49. The highest BCUT2D eigenvalue weighted by Gasteiger charge is 2.17. The van der Waals surface area contributed by atoms with Crippen LogP contribution in [0.5, 0.6) is 0 Å². The molecule has 0 aliphatic carbocycles. The molecule has 0 saturated heterocycles. The first-order chi connectivity index (χ1) is 9.61. The van der Waals surface area contributed by atoms with Crippen LogP contribution < -0.4 is 11.1 Å². The van der Waals surface area contributed by atoms with Crippen molar-refractivity contribution < 1.29 is 9.59 Å². The third kappa shape index (κ3) is 3.20. The van der Waals surface area contributed by atoms with Gasteiger partial charge >= 0.3 is 0 Å². The van der Waals surface area contributed by atoms with Crippen molar-refractivity contribution in [2.75, 3.05) is 11.9 Å². The van der Waals surface area contributed by atoms with E-state index < -0.39 is 5.91 Å². The summed E-state index contributed by atoms with van der Waals surface area (Å²) in [7, 11) is 0. The van der Waals surface area contributed by atoms with Crippen molar-refractivity contribution in [2.24, 2.45) is 5.73 Å². The molecule has 6 heteroatoms. The van der Waals surface area contributed by atoms with E-state index in [4.69, 9.17) is 17.3 Å². The zero-order chi connectivity index (χ0) is 14.5. The molecule has 1 aromatic heterocycles. The number of halogens is 1. The van der Waals surface area contributed by atoms with Gasteiger partial charge in [-0.15, -0.1) is 0 Å². The van der Waals surface area contributed by atoms with Crippen LogP contribution in [-0.2, 0) is 4.79 Å². The number of benzene rings is 1. The fourth-order valence-corrected chi connectivity index (χ4v) is 1.78. The standard InChI is InChI=1S/C14H12ClN3O2/c15-11-7-6-10(17-12(19)8-16)13(18-11)14(20)9-4-2-1-3-5-9/h1-7H,8,16H2,(H,17,19). The largest absolute Gasteiger partial charge is 0.323 e. The number of pyridine rings is 1. The number of nitrogens with one attached hydrogen (secondary N) is 1. The molecule has 0 radical (unpaired) electrons. The third-order valence-corrected chi connectivity index (χ3v) is 2.78. The molecule has 0 spiro atoms. The summed E-state index contributed by atoms with van der Waals surface area (Å²) in [6, 6.07) is 11.7. The van der Waals surface area contributed by atoms with Crippen molar-refractivity contribution in [3.8, 4) is 0 Å². The quantitative estimate of drug-likeness (QED) is 0.664. The maximum Gasteiger partial charge on any atom is 0.238 e. The van der Waals surface area contributed by atoms with E-state index in [0.717, 1.165) is 0 Å². The molecule has 0 bridgehead atoms. The first kappa shape index (κ1) is 14.2. The Labute approximate surface area is 120 Å². The maximum atomic E-state index is 12.4. The number of rotatable bonds is 4. The van der Waals surface area contributed by atoms with Gasteiger partial charge < -0.3 is 11.1 Å². The number of carbonyl (C=O) groups excluding carboxylic acids is 2. The highest BCUT2D eigenvalue weighted by atomic mass is 35.5. The summed E-state index contributed by atoms with van der Waals surface area (Å²) < 4.78 is 0. The van der Waals surface area contributed by atoms with Crippen molar-refractivity contribution in [3.63, 3.8) is 0 Å². The molecule has 3 N–H and O–H groups in total. The topological polar surface area (TPSA) is 85.1 Å². The lowest BCUT2D eigenvalue weighted by Crippen LogP contribution is -2.23. The Morgan fingerprint density at radius 1 is 1.15 bits per heavy atom. The van der Waals surface area contributed by atoms with Crippen molar-refractivity contribution in [1.29, 1.82) is 0 Å². The smallest absolute Gasteiger partial charge is 0.238 e. The summed E-state index contributed by atoms with van der Waals surface area (Å²) in [5.74, 6) is -0.725. The lowest BCUT2D eigenvalue weighted by atomic mass is 10.1. The number of amides is 1. The van der Waals surface area contributed by atoms with Crippen LogP contribution in [0.3, 0.4) is 0 Å². The van der Waals surface area contributed by atoms with Gasteiger partial charge in [0.1, 0.15) is 10.8 Å². The molecular weight excluding hydrogens is 278 g/mol. The van der Waals surface area contributed by atoms with E-state index in [1.165, 1.54) is 12.1 Å². The summed E-state index contributed by atoms with van der Waals surface area (Å²) >= 11 is 5.82. The van der Waals surface area contributed by atoms with E-state index >= 15 is 0 Å². The van der Waals surface area contributed by atoms with E-state index in [1.807, 2.05) is 0 Å². The number of aromatic nitrogens is 1. The van der Waals surface area contributed by atoms with Crippen LogP contribution in [0.4, 0.5) is 5.69 Å². The van der Waals surface area contributed by atoms with Gasteiger partial charge in [-0.25, -0.2) is 4.98 Å². The minimum Gasteiger partial charge on any atom is -0.323 e. The molecule has 1 aromatic carbocycles. The van der Waals surface area contributed by atoms with Gasteiger partial charge in [0.25, 0.3) is 0 Å². The van der Waals surface area contributed by atoms with Gasteiger partial charge in [-0.1, -0.05) is 41.9 Å². The SMILES string of the molecule is NCC(=O)Nc1ccc(Cl)nc1C(=O)c1ccccc1. The van der Waals surface area contributed by atoms with Crippen LogP contribution >= 0.6 is 11.6 Å². The monoisotopic (exact) mass is 289 g/mol. The van der Waals surface area contributed by atoms with Crippen LogP contribution in [0.1, 0.15) is 16.1 Å². The van der Waals surface area contributed by atoms with E-state index in [9.17, 15) is 9.59 Å². The van der Waals surface area contributed by atoms with E-state index in [2.05, 4.69) is 10.3 Å². The fourth-order valence-electron chi connectivity index (χ4n) is 1.64.